The molecule has 0 fully saturated rings. The van der Waals surface area contributed by atoms with E-state index in [1.165, 1.54) is 6.20 Å². The molecule has 0 atom stereocenters. The first-order valence-electron chi connectivity index (χ1n) is 5.39. The Kier molecular flexibility index (Phi) is 2.95. The second-order valence-corrected chi connectivity index (χ2v) is 3.74. The van der Waals surface area contributed by atoms with Gasteiger partial charge in [-0.15, -0.1) is 0 Å². The largest absolute Gasteiger partial charge is 0.478 e. The fourth-order valence-electron chi connectivity index (χ4n) is 1.73. The van der Waals surface area contributed by atoms with Crippen LogP contribution in [0.1, 0.15) is 28.8 Å². The van der Waals surface area contributed by atoms with E-state index in [9.17, 15) is 4.79 Å². The van der Waals surface area contributed by atoms with Crippen molar-refractivity contribution in [3.63, 3.8) is 0 Å². The van der Waals surface area contributed by atoms with Gasteiger partial charge in [-0.3, -0.25) is 4.68 Å². The van der Waals surface area contributed by atoms with Gasteiger partial charge in [0, 0.05) is 18.9 Å². The van der Waals surface area contributed by atoms with Crippen molar-refractivity contribution >= 4 is 5.97 Å². The Labute approximate surface area is 98.5 Å². The topological polar surface area (TPSA) is 72.9 Å². The van der Waals surface area contributed by atoms with Crippen molar-refractivity contribution in [3.05, 3.63) is 35.7 Å². The number of hydrogen-bond acceptors (Lipinski definition) is 3. The van der Waals surface area contributed by atoms with Gasteiger partial charge in [-0.1, -0.05) is 0 Å². The van der Waals surface area contributed by atoms with E-state index in [-0.39, 0.29) is 5.56 Å². The molecule has 0 bridgehead atoms. The first-order chi connectivity index (χ1) is 8.13. The molecule has 0 saturated carbocycles. The van der Waals surface area contributed by atoms with Crippen LogP contribution in [0.25, 0.3) is 0 Å². The highest BCUT2D eigenvalue weighted by Crippen LogP contribution is 2.09. The number of imidazole rings is 1. The van der Waals surface area contributed by atoms with Crippen molar-refractivity contribution in [1.29, 1.82) is 0 Å². The van der Waals surface area contributed by atoms with E-state index in [2.05, 4.69) is 10.1 Å². The van der Waals surface area contributed by atoms with Crippen LogP contribution in [0.3, 0.4) is 0 Å². The van der Waals surface area contributed by atoms with E-state index in [1.807, 2.05) is 17.7 Å². The number of nitrogens with zero attached hydrogens (tertiary/aromatic N) is 4. The van der Waals surface area contributed by atoms with Gasteiger partial charge in [0.25, 0.3) is 0 Å². The van der Waals surface area contributed by atoms with Crippen molar-refractivity contribution in [2.24, 2.45) is 0 Å². The molecule has 0 aliphatic rings. The number of hydrogen-bond donors (Lipinski definition) is 1. The number of rotatable bonds is 4. The summed E-state index contributed by atoms with van der Waals surface area (Å²) in [5.74, 6) is -0.0803. The lowest BCUT2D eigenvalue weighted by Gasteiger charge is -2.06. The molecule has 0 spiro atoms. The Morgan fingerprint density at radius 3 is 2.88 bits per heavy atom. The molecule has 0 aromatic carbocycles. The van der Waals surface area contributed by atoms with Crippen LogP contribution >= 0.6 is 0 Å². The monoisotopic (exact) mass is 234 g/mol. The Bertz CT molecular complexity index is 541. The summed E-state index contributed by atoms with van der Waals surface area (Å²) < 4.78 is 3.65. The van der Waals surface area contributed by atoms with Gasteiger partial charge >= 0.3 is 5.97 Å². The van der Waals surface area contributed by atoms with Crippen molar-refractivity contribution in [2.45, 2.75) is 26.9 Å². The van der Waals surface area contributed by atoms with Gasteiger partial charge in [-0.25, -0.2) is 9.78 Å². The third-order valence-electron chi connectivity index (χ3n) is 2.77. The zero-order chi connectivity index (χ0) is 12.4. The van der Waals surface area contributed by atoms with Crippen LogP contribution in [-0.2, 0) is 13.1 Å². The van der Waals surface area contributed by atoms with Crippen LogP contribution in [0.2, 0.25) is 0 Å². The lowest BCUT2D eigenvalue weighted by Crippen LogP contribution is -2.10. The molecule has 17 heavy (non-hydrogen) atoms. The standard InChI is InChI=1S/C11H14N4O2/c1-3-14-5-4-12-10(14)7-15-8(2)9(6-13-15)11(16)17/h4-6H,3,7H2,1-2H3,(H,16,17). The lowest BCUT2D eigenvalue weighted by atomic mass is 10.3. The summed E-state index contributed by atoms with van der Waals surface area (Å²) in [7, 11) is 0. The van der Waals surface area contributed by atoms with Crippen molar-refractivity contribution in [1.82, 2.24) is 19.3 Å². The zero-order valence-corrected chi connectivity index (χ0v) is 9.79. The molecule has 0 aliphatic heterocycles. The molecule has 90 valence electrons. The minimum Gasteiger partial charge on any atom is -0.478 e. The minimum absolute atomic E-state index is 0.236. The molecule has 0 unspecified atom stereocenters. The number of carboxylic acid groups (broad SMARTS) is 1. The van der Waals surface area contributed by atoms with E-state index in [4.69, 9.17) is 5.11 Å². The summed E-state index contributed by atoms with van der Waals surface area (Å²) in [6.07, 6.45) is 5.00. The second-order valence-electron chi connectivity index (χ2n) is 3.74. The molecule has 6 nitrogen and oxygen atoms in total. The number of carbonyl (C=O) groups is 1. The van der Waals surface area contributed by atoms with Crippen LogP contribution < -0.4 is 0 Å². The maximum Gasteiger partial charge on any atom is 0.339 e. The second kappa shape index (κ2) is 4.40. The molecule has 0 saturated heterocycles. The molecule has 2 heterocycles. The molecule has 1 N–H and O–H groups in total. The molecule has 0 aliphatic carbocycles. The fourth-order valence-corrected chi connectivity index (χ4v) is 1.73. The smallest absolute Gasteiger partial charge is 0.339 e. The van der Waals surface area contributed by atoms with E-state index in [0.29, 0.717) is 12.2 Å². The summed E-state index contributed by atoms with van der Waals surface area (Å²) in [5, 5.41) is 13.0. The van der Waals surface area contributed by atoms with E-state index < -0.39 is 5.97 Å². The highest BCUT2D eigenvalue weighted by atomic mass is 16.4. The number of aromatic carboxylic acids is 1. The Morgan fingerprint density at radius 2 is 2.29 bits per heavy atom. The molecule has 2 rings (SSSR count). The fraction of sp³-hybridized carbons (Fsp3) is 0.364. The molecule has 2 aromatic heterocycles. The molecular weight excluding hydrogens is 220 g/mol. The predicted octanol–water partition coefficient (Wildman–Crippen LogP) is 1.15. The van der Waals surface area contributed by atoms with Crippen LogP contribution in [-0.4, -0.2) is 30.4 Å². The van der Waals surface area contributed by atoms with Gasteiger partial charge in [-0.05, 0) is 13.8 Å². The first-order valence-corrected chi connectivity index (χ1v) is 5.39. The van der Waals surface area contributed by atoms with Crippen LogP contribution in [0.15, 0.2) is 18.6 Å². The molecule has 2 aromatic rings. The predicted molar refractivity (Wildman–Crippen MR) is 60.9 cm³/mol. The first kappa shape index (κ1) is 11.4. The highest BCUT2D eigenvalue weighted by Gasteiger charge is 2.13. The maximum atomic E-state index is 10.9. The number of aromatic nitrogens is 4. The third kappa shape index (κ3) is 2.06. The normalized spacial score (nSPS) is 10.7. The third-order valence-corrected chi connectivity index (χ3v) is 2.77. The average Bonchev–Trinajstić information content (AvgIpc) is 2.87. The summed E-state index contributed by atoms with van der Waals surface area (Å²) in [4.78, 5) is 15.1. The zero-order valence-electron chi connectivity index (χ0n) is 9.79. The van der Waals surface area contributed by atoms with Gasteiger partial charge < -0.3 is 9.67 Å². The Hall–Kier alpha value is -2.11. The van der Waals surface area contributed by atoms with Crippen LogP contribution in [0.4, 0.5) is 0 Å². The SMILES string of the molecule is CCn1ccnc1Cn1ncc(C(=O)O)c1C. The van der Waals surface area contributed by atoms with Crippen LogP contribution in [0, 0.1) is 6.92 Å². The number of aryl methyl sites for hydroxylation is 1. The summed E-state index contributed by atoms with van der Waals surface area (Å²) in [5.41, 5.74) is 0.878. The summed E-state index contributed by atoms with van der Waals surface area (Å²) in [6.45, 7) is 5.10. The summed E-state index contributed by atoms with van der Waals surface area (Å²) in [6, 6.07) is 0. The van der Waals surface area contributed by atoms with Crippen molar-refractivity contribution < 1.29 is 9.90 Å². The molecule has 0 radical (unpaired) electrons. The van der Waals surface area contributed by atoms with E-state index in [1.54, 1.807) is 17.8 Å². The molecular formula is C11H14N4O2. The van der Waals surface area contributed by atoms with E-state index in [0.717, 1.165) is 12.4 Å². The van der Waals surface area contributed by atoms with Crippen LogP contribution in [0.5, 0.6) is 0 Å². The minimum atomic E-state index is -0.951. The lowest BCUT2D eigenvalue weighted by molar-refractivity contribution is 0.0696. The average molecular weight is 234 g/mol. The van der Waals surface area contributed by atoms with Gasteiger partial charge in [0.2, 0.25) is 0 Å². The highest BCUT2D eigenvalue weighted by molar-refractivity contribution is 5.88. The Morgan fingerprint density at radius 1 is 1.53 bits per heavy atom. The van der Waals surface area contributed by atoms with Gasteiger partial charge in [0.1, 0.15) is 11.4 Å². The van der Waals surface area contributed by atoms with Crippen molar-refractivity contribution in [2.75, 3.05) is 0 Å². The van der Waals surface area contributed by atoms with E-state index >= 15 is 0 Å². The molecule has 6 heteroatoms. The summed E-state index contributed by atoms with van der Waals surface area (Å²) >= 11 is 0. The maximum absolute atomic E-state index is 10.9. The number of carboxylic acids is 1. The van der Waals surface area contributed by atoms with Gasteiger partial charge in [-0.2, -0.15) is 5.10 Å². The quantitative estimate of drug-likeness (QED) is 0.861. The van der Waals surface area contributed by atoms with Gasteiger partial charge in [0.15, 0.2) is 0 Å². The van der Waals surface area contributed by atoms with Gasteiger partial charge in [0.05, 0.1) is 18.4 Å². The molecule has 0 amide bonds. The van der Waals surface area contributed by atoms with Crippen molar-refractivity contribution in [3.8, 4) is 0 Å². The Balaban J connectivity index is 2.28.